The van der Waals surface area contributed by atoms with Gasteiger partial charge in [-0.25, -0.2) is 0 Å². The van der Waals surface area contributed by atoms with Crippen LogP contribution in [0.15, 0.2) is 53.3 Å². The number of rotatable bonds is 7. The molecule has 168 valence electrons. The van der Waals surface area contributed by atoms with Gasteiger partial charge in [0.1, 0.15) is 5.75 Å². The Morgan fingerprint density at radius 1 is 1.31 bits per heavy atom. The van der Waals surface area contributed by atoms with Crippen molar-refractivity contribution in [3.8, 4) is 5.75 Å². The van der Waals surface area contributed by atoms with Gasteiger partial charge in [-0.2, -0.15) is 0 Å². The van der Waals surface area contributed by atoms with Gasteiger partial charge in [-0.3, -0.25) is 4.79 Å². The molecule has 1 atom stereocenters. The highest BCUT2D eigenvalue weighted by molar-refractivity contribution is 7.80. The molecule has 2 N–H and O–H groups in total. The molecule has 0 radical (unpaired) electrons. The Morgan fingerprint density at radius 2 is 2.19 bits per heavy atom. The molecule has 0 amide bonds. The first-order valence-corrected chi connectivity index (χ1v) is 11.5. The molecule has 1 aliphatic heterocycles. The highest BCUT2D eigenvalue weighted by atomic mass is 35.5. The molecule has 0 spiro atoms. The largest absolute Gasteiger partial charge is 0.494 e. The van der Waals surface area contributed by atoms with Crippen LogP contribution in [0, 0.1) is 0 Å². The summed E-state index contributed by atoms with van der Waals surface area (Å²) in [6.45, 7) is 4.24. The lowest BCUT2D eigenvalue weighted by Gasteiger charge is -2.28. The minimum absolute atomic E-state index is 0.0817. The SMILES string of the molecule is CCOc1ccc2[nH]c(=O)c(CN(C[C@H]3CCCO3)C(=S)Nc3cccc(Cl)c3)cc2c1. The van der Waals surface area contributed by atoms with E-state index in [0.717, 1.165) is 41.8 Å². The third-order valence-electron chi connectivity index (χ3n) is 5.38. The van der Waals surface area contributed by atoms with Crippen molar-refractivity contribution in [2.75, 3.05) is 25.1 Å². The van der Waals surface area contributed by atoms with E-state index in [4.69, 9.17) is 33.3 Å². The van der Waals surface area contributed by atoms with Gasteiger partial charge in [-0.15, -0.1) is 0 Å². The van der Waals surface area contributed by atoms with Crippen molar-refractivity contribution in [1.82, 2.24) is 9.88 Å². The molecule has 1 aliphatic rings. The molecule has 2 heterocycles. The summed E-state index contributed by atoms with van der Waals surface area (Å²) in [5, 5.41) is 5.30. The van der Waals surface area contributed by atoms with Gasteiger partial charge in [-0.05, 0) is 74.4 Å². The van der Waals surface area contributed by atoms with Gasteiger partial charge < -0.3 is 24.7 Å². The summed E-state index contributed by atoms with van der Waals surface area (Å²) < 4.78 is 11.4. The number of nitrogens with one attached hydrogen (secondary N) is 2. The van der Waals surface area contributed by atoms with Gasteiger partial charge in [0.25, 0.3) is 5.56 Å². The van der Waals surface area contributed by atoms with E-state index in [1.807, 2.05) is 60.4 Å². The van der Waals surface area contributed by atoms with E-state index in [9.17, 15) is 4.79 Å². The number of halogens is 1. The molecule has 8 heteroatoms. The quantitative estimate of drug-likeness (QED) is 0.475. The molecule has 1 saturated heterocycles. The zero-order valence-corrected chi connectivity index (χ0v) is 19.5. The molecule has 0 aliphatic carbocycles. The smallest absolute Gasteiger partial charge is 0.253 e. The van der Waals surface area contributed by atoms with Gasteiger partial charge in [0.05, 0.1) is 19.3 Å². The van der Waals surface area contributed by atoms with Crippen LogP contribution in [0.25, 0.3) is 10.9 Å². The minimum atomic E-state index is -0.135. The minimum Gasteiger partial charge on any atom is -0.494 e. The lowest BCUT2D eigenvalue weighted by molar-refractivity contribution is 0.0904. The van der Waals surface area contributed by atoms with Crippen LogP contribution in [0.1, 0.15) is 25.3 Å². The van der Waals surface area contributed by atoms with Crippen molar-refractivity contribution >= 4 is 45.5 Å². The van der Waals surface area contributed by atoms with Crippen LogP contribution in [0.2, 0.25) is 5.02 Å². The van der Waals surface area contributed by atoms with Crippen LogP contribution >= 0.6 is 23.8 Å². The second kappa shape index (κ2) is 10.3. The van der Waals surface area contributed by atoms with E-state index in [-0.39, 0.29) is 11.7 Å². The number of anilines is 1. The molecule has 1 fully saturated rings. The van der Waals surface area contributed by atoms with Gasteiger partial charge in [0, 0.05) is 40.3 Å². The number of hydrogen-bond acceptors (Lipinski definition) is 4. The second-order valence-corrected chi connectivity index (χ2v) is 8.58. The Kier molecular flexibility index (Phi) is 7.29. The first-order chi connectivity index (χ1) is 15.5. The van der Waals surface area contributed by atoms with E-state index in [1.165, 1.54) is 0 Å². The number of thiocarbonyl (C=S) groups is 1. The van der Waals surface area contributed by atoms with Crippen LogP contribution in [0.4, 0.5) is 5.69 Å². The summed E-state index contributed by atoms with van der Waals surface area (Å²) in [5.41, 5.74) is 2.06. The number of aromatic amines is 1. The molecule has 3 aromatic rings. The number of aromatic nitrogens is 1. The topological polar surface area (TPSA) is 66.6 Å². The highest BCUT2D eigenvalue weighted by Crippen LogP contribution is 2.21. The number of benzene rings is 2. The standard InChI is InChI=1S/C24H26ClN3O3S/c1-2-30-20-8-9-22-16(12-20)11-17(23(29)27-22)14-28(15-21-7-4-10-31-21)24(32)26-19-6-3-5-18(25)13-19/h3,5-6,8-9,11-13,21H,2,4,7,10,14-15H2,1H3,(H,26,32)(H,27,29)/t21-/m1/s1. The lowest BCUT2D eigenvalue weighted by Crippen LogP contribution is -2.40. The Hall–Kier alpha value is -2.61. The molecule has 32 heavy (non-hydrogen) atoms. The van der Waals surface area contributed by atoms with Gasteiger partial charge in [0.2, 0.25) is 0 Å². The molecule has 6 nitrogen and oxygen atoms in total. The maximum Gasteiger partial charge on any atom is 0.253 e. The lowest BCUT2D eigenvalue weighted by atomic mass is 10.1. The van der Waals surface area contributed by atoms with Crippen LogP contribution in [-0.4, -0.2) is 40.9 Å². The first kappa shape index (κ1) is 22.6. The number of nitrogens with zero attached hydrogens (tertiary/aromatic N) is 1. The van der Waals surface area contributed by atoms with Gasteiger partial charge in [-0.1, -0.05) is 17.7 Å². The summed E-state index contributed by atoms with van der Waals surface area (Å²) >= 11 is 11.8. The molecule has 0 bridgehead atoms. The summed E-state index contributed by atoms with van der Waals surface area (Å²) in [5.74, 6) is 0.771. The Bertz CT molecular complexity index is 1160. The number of ether oxygens (including phenoxy) is 2. The van der Waals surface area contributed by atoms with Gasteiger partial charge >= 0.3 is 0 Å². The zero-order chi connectivity index (χ0) is 22.5. The monoisotopic (exact) mass is 471 g/mol. The average molecular weight is 472 g/mol. The Morgan fingerprint density at radius 3 is 2.94 bits per heavy atom. The summed E-state index contributed by atoms with van der Waals surface area (Å²) in [7, 11) is 0. The Balaban J connectivity index is 1.60. The molecule has 0 saturated carbocycles. The fourth-order valence-corrected chi connectivity index (χ4v) is 4.28. The van der Waals surface area contributed by atoms with Crippen LogP contribution in [0.5, 0.6) is 5.75 Å². The van der Waals surface area contributed by atoms with Crippen molar-refractivity contribution in [2.24, 2.45) is 0 Å². The predicted octanol–water partition coefficient (Wildman–Crippen LogP) is 4.96. The van der Waals surface area contributed by atoms with Crippen molar-refractivity contribution < 1.29 is 9.47 Å². The average Bonchev–Trinajstić information content (AvgIpc) is 3.27. The van der Waals surface area contributed by atoms with Crippen molar-refractivity contribution in [1.29, 1.82) is 0 Å². The molecular weight excluding hydrogens is 446 g/mol. The van der Waals surface area contributed by atoms with Crippen LogP contribution in [-0.2, 0) is 11.3 Å². The molecular formula is C24H26ClN3O3S. The number of fused-ring (bicyclic) bond motifs is 1. The first-order valence-electron chi connectivity index (χ1n) is 10.7. The van der Waals surface area contributed by atoms with E-state index in [0.29, 0.717) is 35.4 Å². The predicted molar refractivity (Wildman–Crippen MR) is 133 cm³/mol. The summed E-state index contributed by atoms with van der Waals surface area (Å²) in [6, 6.07) is 15.0. The molecule has 1 aromatic heterocycles. The highest BCUT2D eigenvalue weighted by Gasteiger charge is 2.22. The molecule has 4 rings (SSSR count). The molecule has 2 aromatic carbocycles. The van der Waals surface area contributed by atoms with E-state index < -0.39 is 0 Å². The third kappa shape index (κ3) is 5.59. The van der Waals surface area contributed by atoms with Gasteiger partial charge in [0.15, 0.2) is 5.11 Å². The van der Waals surface area contributed by atoms with Crippen molar-refractivity contribution in [3.05, 3.63) is 69.5 Å². The van der Waals surface area contributed by atoms with Crippen molar-refractivity contribution in [2.45, 2.75) is 32.4 Å². The second-order valence-electron chi connectivity index (χ2n) is 7.76. The third-order valence-corrected chi connectivity index (χ3v) is 5.97. The van der Waals surface area contributed by atoms with E-state index in [1.54, 1.807) is 0 Å². The van der Waals surface area contributed by atoms with E-state index in [2.05, 4.69) is 10.3 Å². The summed E-state index contributed by atoms with van der Waals surface area (Å²) in [6.07, 6.45) is 2.09. The number of H-pyrrole nitrogens is 1. The number of hydrogen-bond donors (Lipinski definition) is 2. The zero-order valence-electron chi connectivity index (χ0n) is 17.9. The summed E-state index contributed by atoms with van der Waals surface area (Å²) in [4.78, 5) is 17.8. The normalized spacial score (nSPS) is 15.6. The van der Waals surface area contributed by atoms with Crippen molar-refractivity contribution in [3.63, 3.8) is 0 Å². The maximum atomic E-state index is 12.8. The fraction of sp³-hybridized carbons (Fsp3) is 0.333. The Labute approximate surface area is 197 Å². The van der Waals surface area contributed by atoms with E-state index >= 15 is 0 Å². The fourth-order valence-electron chi connectivity index (χ4n) is 3.83. The van der Waals surface area contributed by atoms with Crippen LogP contribution < -0.4 is 15.6 Å². The maximum absolute atomic E-state index is 12.8. The van der Waals surface area contributed by atoms with Crippen LogP contribution in [0.3, 0.4) is 0 Å². The molecule has 0 unspecified atom stereocenters. The number of pyridine rings is 1.